The number of hydrogen-bond donors (Lipinski definition) is 0. The van der Waals surface area contributed by atoms with Gasteiger partial charge in [0, 0.05) is 59.8 Å². The first-order chi connectivity index (χ1) is 20.2. The molecule has 0 N–H and O–H groups in total. The first-order valence-electron chi connectivity index (χ1n) is 14.0. The lowest BCUT2D eigenvalue weighted by molar-refractivity contribution is -0.114. The minimum atomic E-state index is -0.522. The lowest BCUT2D eigenvalue weighted by Crippen LogP contribution is -2.28. The van der Waals surface area contributed by atoms with E-state index in [1.807, 2.05) is 18.2 Å². The minimum absolute atomic E-state index is 0.0182. The fourth-order valence-corrected chi connectivity index (χ4v) is 4.06. The number of benzene rings is 1. The lowest BCUT2D eigenvalue weighted by atomic mass is 9.91. The van der Waals surface area contributed by atoms with Crippen molar-refractivity contribution in [2.24, 2.45) is 5.92 Å². The molecule has 42 heavy (non-hydrogen) atoms. The Bertz CT molecular complexity index is 1380. The van der Waals surface area contributed by atoms with Crippen molar-refractivity contribution in [1.82, 2.24) is 14.9 Å². The quantitative estimate of drug-likeness (QED) is 0.260. The van der Waals surface area contributed by atoms with Gasteiger partial charge in [-0.3, -0.25) is 29.3 Å². The number of allylic oxidation sites excluding steroid dienone is 2. The number of nitrogens with zero attached hydrogens (tertiary/aromatic N) is 3. The molecule has 0 spiro atoms. The summed E-state index contributed by atoms with van der Waals surface area (Å²) in [6.07, 6.45) is 15.1. The van der Waals surface area contributed by atoms with Crippen LogP contribution in [0.25, 0.3) is 0 Å². The van der Waals surface area contributed by atoms with E-state index in [0.717, 1.165) is 36.8 Å². The average Bonchev–Trinajstić information content (AvgIpc) is 2.99. The maximum Gasteiger partial charge on any atom is 0.423 e. The summed E-state index contributed by atoms with van der Waals surface area (Å²) in [5.74, 6) is 0.697. The molecule has 8 heteroatoms. The Morgan fingerprint density at radius 3 is 2.07 bits per heavy atom. The lowest BCUT2D eigenvalue weighted by Gasteiger charge is -2.24. The van der Waals surface area contributed by atoms with Gasteiger partial charge >= 0.3 is 6.09 Å². The molecule has 1 unspecified atom stereocenters. The number of para-hydroxylation sites is 1. The number of aromatic nitrogens is 2. The predicted molar refractivity (Wildman–Crippen MR) is 163 cm³/mol. The molecule has 1 amide bonds. The summed E-state index contributed by atoms with van der Waals surface area (Å²) in [6, 6.07) is 14.3. The average molecular weight is 570 g/mol. The molecule has 0 saturated carbocycles. The summed E-state index contributed by atoms with van der Waals surface area (Å²) >= 11 is 0. The zero-order valence-corrected chi connectivity index (χ0v) is 24.9. The van der Waals surface area contributed by atoms with Gasteiger partial charge < -0.3 is 4.74 Å². The molecule has 1 aliphatic rings. The van der Waals surface area contributed by atoms with Crippen LogP contribution in [0.15, 0.2) is 97.4 Å². The van der Waals surface area contributed by atoms with Crippen LogP contribution in [-0.4, -0.2) is 38.3 Å². The minimum Gasteiger partial charge on any atom is -0.410 e. The van der Waals surface area contributed by atoms with Crippen molar-refractivity contribution in [3.63, 3.8) is 0 Å². The molecule has 220 valence electrons. The highest BCUT2D eigenvalue weighted by molar-refractivity contribution is 5.95. The van der Waals surface area contributed by atoms with Gasteiger partial charge in [0.2, 0.25) is 0 Å². The van der Waals surface area contributed by atoms with Crippen LogP contribution in [0.5, 0.6) is 5.75 Å². The van der Waals surface area contributed by atoms with Crippen molar-refractivity contribution < 1.29 is 23.9 Å². The van der Waals surface area contributed by atoms with Crippen LogP contribution in [0.1, 0.15) is 80.2 Å². The molecule has 0 radical (unpaired) electrons. The van der Waals surface area contributed by atoms with Crippen molar-refractivity contribution >= 4 is 23.4 Å². The summed E-state index contributed by atoms with van der Waals surface area (Å²) in [7, 11) is 0. The number of Topliss-reactive ketones (excluding diaryl/α,β-unsaturated/α-hetero) is 3. The number of hydrogen-bond acceptors (Lipinski definition) is 7. The highest BCUT2D eigenvalue weighted by Crippen LogP contribution is 2.25. The zero-order chi connectivity index (χ0) is 30.9. The van der Waals surface area contributed by atoms with Gasteiger partial charge in [0.15, 0.2) is 17.3 Å². The summed E-state index contributed by atoms with van der Waals surface area (Å²) in [6.45, 7) is 8.80. The molecule has 8 nitrogen and oxygen atoms in total. The second-order valence-electron chi connectivity index (χ2n) is 9.60. The summed E-state index contributed by atoms with van der Waals surface area (Å²) < 4.78 is 5.26. The molecular weight excluding hydrogens is 530 g/mol. The first kappa shape index (κ1) is 33.5. The monoisotopic (exact) mass is 569 g/mol. The number of rotatable bonds is 8. The molecule has 0 saturated heterocycles. The SMILES string of the molecule is CC(=O)c1cccnc1.CCCC1C=CN(C(=O)Oc2ccccc2)C=C1C(C)=O.CCCc1ccncc1C(C)=O. The molecule has 1 aliphatic heterocycles. The second kappa shape index (κ2) is 17.9. The smallest absolute Gasteiger partial charge is 0.410 e. The number of ether oxygens (including phenoxy) is 1. The van der Waals surface area contributed by atoms with E-state index in [4.69, 9.17) is 4.74 Å². The van der Waals surface area contributed by atoms with E-state index >= 15 is 0 Å². The molecular formula is C34H39N3O5. The van der Waals surface area contributed by atoms with E-state index < -0.39 is 6.09 Å². The Morgan fingerprint density at radius 1 is 0.810 bits per heavy atom. The van der Waals surface area contributed by atoms with E-state index in [1.165, 1.54) is 18.7 Å². The van der Waals surface area contributed by atoms with Crippen LogP contribution < -0.4 is 4.74 Å². The third-order valence-electron chi connectivity index (χ3n) is 6.20. The van der Waals surface area contributed by atoms with Gasteiger partial charge in [-0.2, -0.15) is 0 Å². The van der Waals surface area contributed by atoms with E-state index in [9.17, 15) is 19.2 Å². The van der Waals surface area contributed by atoms with Crippen LogP contribution in [0.2, 0.25) is 0 Å². The van der Waals surface area contributed by atoms with Gasteiger partial charge in [-0.1, -0.05) is 51.0 Å². The van der Waals surface area contributed by atoms with Crippen LogP contribution in [0.4, 0.5) is 4.79 Å². The Labute approximate surface area is 248 Å². The Hall–Kier alpha value is -4.72. The van der Waals surface area contributed by atoms with E-state index in [1.54, 1.807) is 80.5 Å². The van der Waals surface area contributed by atoms with Crippen molar-refractivity contribution in [2.75, 3.05) is 0 Å². The molecule has 0 aliphatic carbocycles. The summed E-state index contributed by atoms with van der Waals surface area (Å²) in [5, 5.41) is 0. The van der Waals surface area contributed by atoms with Gasteiger partial charge in [-0.05, 0) is 69.5 Å². The first-order valence-corrected chi connectivity index (χ1v) is 14.0. The molecule has 1 atom stereocenters. The van der Waals surface area contributed by atoms with Crippen LogP contribution in [0.3, 0.4) is 0 Å². The Kier molecular flexibility index (Phi) is 14.2. The standard InChI is InChI=1S/C17H19NO3.C10H13NO.C7H7NO/c1-3-7-14-10-11-18(12-16(14)13(2)19)17(20)21-15-8-5-4-6-9-15;1-3-4-9-5-6-11-7-10(9)8(2)12;1-6(9)7-3-2-4-8-5-7/h4-6,8-12,14H,3,7H2,1-2H3;5-7H,3-4H2,1-2H3;2-5H,1H3. The van der Waals surface area contributed by atoms with Gasteiger partial charge in [0.05, 0.1) is 0 Å². The number of pyridine rings is 2. The molecule has 2 aromatic heterocycles. The van der Waals surface area contributed by atoms with E-state index in [-0.39, 0.29) is 23.3 Å². The molecule has 1 aromatic carbocycles. The fraction of sp³-hybridized carbons (Fsp3) is 0.294. The number of amides is 1. The number of carbonyl (C=O) groups is 4. The maximum atomic E-state index is 12.1. The second-order valence-corrected chi connectivity index (χ2v) is 9.60. The van der Waals surface area contributed by atoms with Crippen LogP contribution in [0, 0.1) is 5.92 Å². The molecule has 0 fully saturated rings. The summed E-state index contributed by atoms with van der Waals surface area (Å²) in [4.78, 5) is 54.6. The largest absolute Gasteiger partial charge is 0.423 e. The zero-order valence-electron chi connectivity index (χ0n) is 24.9. The van der Waals surface area contributed by atoms with E-state index in [0.29, 0.717) is 16.9 Å². The fourth-order valence-electron chi connectivity index (χ4n) is 4.06. The van der Waals surface area contributed by atoms with Crippen LogP contribution >= 0.6 is 0 Å². The topological polar surface area (TPSA) is 107 Å². The van der Waals surface area contributed by atoms with Gasteiger partial charge in [0.1, 0.15) is 5.75 Å². The number of aryl methyl sites for hydroxylation is 1. The van der Waals surface area contributed by atoms with Crippen molar-refractivity contribution in [1.29, 1.82) is 0 Å². The van der Waals surface area contributed by atoms with Crippen molar-refractivity contribution in [3.05, 3.63) is 114 Å². The molecule has 4 rings (SSSR count). The third kappa shape index (κ3) is 11.0. The highest BCUT2D eigenvalue weighted by Gasteiger charge is 2.23. The maximum absolute atomic E-state index is 12.1. The van der Waals surface area contributed by atoms with Gasteiger partial charge in [-0.15, -0.1) is 0 Å². The molecule has 0 bridgehead atoms. The predicted octanol–water partition coefficient (Wildman–Crippen LogP) is 7.42. The van der Waals surface area contributed by atoms with Crippen molar-refractivity contribution in [3.8, 4) is 5.75 Å². The molecule has 3 aromatic rings. The Balaban J connectivity index is 0.000000247. The Morgan fingerprint density at radius 2 is 1.52 bits per heavy atom. The normalized spacial score (nSPS) is 13.4. The van der Waals surface area contributed by atoms with Crippen LogP contribution in [-0.2, 0) is 11.2 Å². The van der Waals surface area contributed by atoms with Gasteiger partial charge in [-0.25, -0.2) is 4.79 Å². The summed E-state index contributed by atoms with van der Waals surface area (Å²) in [5.41, 5.74) is 3.18. The van der Waals surface area contributed by atoms with Gasteiger partial charge in [0.25, 0.3) is 0 Å². The van der Waals surface area contributed by atoms with Crippen molar-refractivity contribution in [2.45, 2.75) is 60.3 Å². The molecule has 3 heterocycles. The number of ketones is 3. The third-order valence-corrected chi connectivity index (χ3v) is 6.20. The number of carbonyl (C=O) groups excluding carboxylic acids is 4. The van der Waals surface area contributed by atoms with E-state index in [2.05, 4.69) is 23.8 Å². The highest BCUT2D eigenvalue weighted by atomic mass is 16.6.